The summed E-state index contributed by atoms with van der Waals surface area (Å²) in [7, 11) is 0. The number of aromatic amines is 1. The van der Waals surface area contributed by atoms with Gasteiger partial charge in [0.05, 0.1) is 6.54 Å². The summed E-state index contributed by atoms with van der Waals surface area (Å²) in [6.45, 7) is 0.200. The standard InChI is InChI=1S/C3H5N3O2/c4-1-2-5-3(7)8-6-2/h1,4H2,(H,5,6,7). The molecule has 0 spiro atoms. The highest BCUT2D eigenvalue weighted by atomic mass is 16.5. The number of nitrogens with two attached hydrogens (primary N) is 1. The number of H-pyrrole nitrogens is 1. The van der Waals surface area contributed by atoms with E-state index in [1.54, 1.807) is 0 Å². The third-order valence-corrected chi connectivity index (χ3v) is 0.678. The van der Waals surface area contributed by atoms with Gasteiger partial charge in [-0.25, -0.2) is 4.79 Å². The number of aromatic nitrogens is 2. The monoisotopic (exact) mass is 115 g/mol. The summed E-state index contributed by atoms with van der Waals surface area (Å²) >= 11 is 0. The van der Waals surface area contributed by atoms with E-state index in [1.807, 2.05) is 0 Å². The Balaban J connectivity index is 3.01. The molecule has 0 saturated carbocycles. The van der Waals surface area contributed by atoms with Crippen molar-refractivity contribution in [1.29, 1.82) is 0 Å². The van der Waals surface area contributed by atoms with Crippen molar-refractivity contribution in [2.24, 2.45) is 5.73 Å². The van der Waals surface area contributed by atoms with Gasteiger partial charge in [-0.1, -0.05) is 5.16 Å². The molecule has 8 heavy (non-hydrogen) atoms. The Bertz CT molecular complexity index is 212. The molecule has 1 aromatic rings. The van der Waals surface area contributed by atoms with E-state index in [0.29, 0.717) is 5.82 Å². The number of nitrogens with one attached hydrogen (secondary N) is 1. The van der Waals surface area contributed by atoms with Crippen LogP contribution in [-0.4, -0.2) is 10.1 Å². The van der Waals surface area contributed by atoms with Crippen molar-refractivity contribution in [3.05, 3.63) is 16.4 Å². The molecule has 1 rings (SSSR count). The molecule has 0 radical (unpaired) electrons. The van der Waals surface area contributed by atoms with Crippen molar-refractivity contribution >= 4 is 0 Å². The predicted octanol–water partition coefficient (Wildman–Crippen LogP) is -1.18. The zero-order valence-corrected chi connectivity index (χ0v) is 4.05. The maximum Gasteiger partial charge on any atom is 0.438 e. The first-order chi connectivity index (χ1) is 3.83. The second-order valence-corrected chi connectivity index (χ2v) is 1.25. The third kappa shape index (κ3) is 0.760. The molecule has 1 aromatic heterocycles. The number of hydrogen-bond acceptors (Lipinski definition) is 4. The van der Waals surface area contributed by atoms with E-state index in [1.165, 1.54) is 0 Å². The summed E-state index contributed by atoms with van der Waals surface area (Å²) in [6, 6.07) is 0. The SMILES string of the molecule is NCc1noc(=O)[nH]1. The van der Waals surface area contributed by atoms with E-state index in [9.17, 15) is 4.79 Å². The van der Waals surface area contributed by atoms with E-state index < -0.39 is 5.76 Å². The first kappa shape index (κ1) is 5.04. The normalized spacial score (nSPS) is 9.62. The van der Waals surface area contributed by atoms with Gasteiger partial charge in [0.2, 0.25) is 0 Å². The number of hydrogen-bond donors (Lipinski definition) is 2. The molecule has 5 heteroatoms. The fourth-order valence-corrected chi connectivity index (χ4v) is 0.348. The largest absolute Gasteiger partial charge is 0.438 e. The summed E-state index contributed by atoms with van der Waals surface area (Å²) < 4.78 is 4.11. The summed E-state index contributed by atoms with van der Waals surface area (Å²) in [5, 5.41) is 3.27. The van der Waals surface area contributed by atoms with E-state index in [4.69, 9.17) is 5.73 Å². The van der Waals surface area contributed by atoms with Gasteiger partial charge in [0, 0.05) is 0 Å². The molecule has 3 N–H and O–H groups in total. The lowest BCUT2D eigenvalue weighted by atomic mass is 10.6. The Morgan fingerprint density at radius 3 is 2.88 bits per heavy atom. The summed E-state index contributed by atoms with van der Waals surface area (Å²) in [6.07, 6.45) is 0. The molecular weight excluding hydrogens is 110 g/mol. The Labute approximate surface area is 44.5 Å². The van der Waals surface area contributed by atoms with Crippen LogP contribution in [-0.2, 0) is 6.54 Å². The molecule has 1 heterocycles. The maximum absolute atomic E-state index is 10.1. The lowest BCUT2D eigenvalue weighted by molar-refractivity contribution is 0.381. The Hall–Kier alpha value is -1.10. The lowest BCUT2D eigenvalue weighted by Gasteiger charge is -1.75. The molecule has 0 aliphatic carbocycles. The zero-order chi connectivity index (χ0) is 5.98. The molecule has 0 saturated heterocycles. The maximum atomic E-state index is 10.1. The van der Waals surface area contributed by atoms with Gasteiger partial charge in [0.25, 0.3) is 0 Å². The molecule has 0 aliphatic heterocycles. The van der Waals surface area contributed by atoms with Crippen LogP contribution in [0.25, 0.3) is 0 Å². The van der Waals surface area contributed by atoms with Crippen molar-refractivity contribution < 1.29 is 4.52 Å². The van der Waals surface area contributed by atoms with Crippen molar-refractivity contribution in [2.45, 2.75) is 6.54 Å². The second-order valence-electron chi connectivity index (χ2n) is 1.25. The van der Waals surface area contributed by atoms with E-state index in [2.05, 4.69) is 14.7 Å². The minimum Gasteiger partial charge on any atom is -0.324 e. The number of nitrogens with zero attached hydrogens (tertiary/aromatic N) is 1. The molecule has 0 aromatic carbocycles. The smallest absolute Gasteiger partial charge is 0.324 e. The third-order valence-electron chi connectivity index (χ3n) is 0.678. The van der Waals surface area contributed by atoms with Crippen molar-refractivity contribution in [1.82, 2.24) is 10.1 Å². The predicted molar refractivity (Wildman–Crippen MR) is 25.0 cm³/mol. The van der Waals surface area contributed by atoms with Crippen LogP contribution in [0.3, 0.4) is 0 Å². The molecule has 0 atom stereocenters. The molecule has 44 valence electrons. The van der Waals surface area contributed by atoms with Gasteiger partial charge in [-0.3, -0.25) is 9.51 Å². The first-order valence-corrected chi connectivity index (χ1v) is 2.08. The second kappa shape index (κ2) is 1.79. The van der Waals surface area contributed by atoms with Gasteiger partial charge in [-0.2, -0.15) is 0 Å². The quantitative estimate of drug-likeness (QED) is 0.482. The molecule has 0 amide bonds. The van der Waals surface area contributed by atoms with Gasteiger partial charge in [-0.05, 0) is 0 Å². The molecule has 0 bridgehead atoms. The average Bonchev–Trinajstić information content (AvgIpc) is 2.14. The van der Waals surface area contributed by atoms with Gasteiger partial charge >= 0.3 is 5.76 Å². The van der Waals surface area contributed by atoms with Crippen molar-refractivity contribution in [2.75, 3.05) is 0 Å². The van der Waals surface area contributed by atoms with Crippen LogP contribution in [0.5, 0.6) is 0 Å². The topological polar surface area (TPSA) is 84.9 Å². The van der Waals surface area contributed by atoms with Crippen LogP contribution in [0.1, 0.15) is 5.82 Å². The fraction of sp³-hybridized carbons (Fsp3) is 0.333. The highest BCUT2D eigenvalue weighted by molar-refractivity contribution is 4.73. The summed E-state index contributed by atoms with van der Waals surface area (Å²) in [5.41, 5.74) is 5.07. The highest BCUT2D eigenvalue weighted by Crippen LogP contribution is 1.75. The summed E-state index contributed by atoms with van der Waals surface area (Å²) in [5.74, 6) is -0.194. The Kier molecular flexibility index (Phi) is 1.13. The number of rotatable bonds is 1. The highest BCUT2D eigenvalue weighted by Gasteiger charge is 1.92. The van der Waals surface area contributed by atoms with Crippen molar-refractivity contribution in [3.8, 4) is 0 Å². The van der Waals surface area contributed by atoms with Gasteiger partial charge in [-0.15, -0.1) is 0 Å². The van der Waals surface area contributed by atoms with Gasteiger partial charge in [0.1, 0.15) is 0 Å². The molecule has 5 nitrogen and oxygen atoms in total. The zero-order valence-electron chi connectivity index (χ0n) is 4.05. The minimum atomic E-state index is -0.564. The Morgan fingerprint density at radius 2 is 2.62 bits per heavy atom. The molecular formula is C3H5N3O2. The van der Waals surface area contributed by atoms with E-state index in [0.717, 1.165) is 0 Å². The van der Waals surface area contributed by atoms with Gasteiger partial charge in [0.15, 0.2) is 5.82 Å². The van der Waals surface area contributed by atoms with Crippen LogP contribution in [0.2, 0.25) is 0 Å². The molecule has 0 unspecified atom stereocenters. The van der Waals surface area contributed by atoms with Crippen LogP contribution < -0.4 is 11.5 Å². The van der Waals surface area contributed by atoms with Crippen LogP contribution in [0, 0.1) is 0 Å². The van der Waals surface area contributed by atoms with Crippen molar-refractivity contribution in [3.63, 3.8) is 0 Å². The Morgan fingerprint density at radius 1 is 1.88 bits per heavy atom. The molecule has 0 aliphatic rings. The van der Waals surface area contributed by atoms with Gasteiger partial charge < -0.3 is 5.73 Å². The fourth-order valence-electron chi connectivity index (χ4n) is 0.348. The van der Waals surface area contributed by atoms with E-state index in [-0.39, 0.29) is 6.54 Å². The first-order valence-electron chi connectivity index (χ1n) is 2.08. The van der Waals surface area contributed by atoms with Crippen LogP contribution >= 0.6 is 0 Å². The van der Waals surface area contributed by atoms with Crippen LogP contribution in [0.15, 0.2) is 9.32 Å². The molecule has 0 fully saturated rings. The average molecular weight is 115 g/mol. The minimum absolute atomic E-state index is 0.200. The summed E-state index contributed by atoms with van der Waals surface area (Å²) in [4.78, 5) is 12.4. The van der Waals surface area contributed by atoms with Crippen LogP contribution in [0.4, 0.5) is 0 Å². The van der Waals surface area contributed by atoms with E-state index >= 15 is 0 Å². The lowest BCUT2D eigenvalue weighted by Crippen LogP contribution is -2.01.